The fraction of sp³-hybridized carbons (Fsp3) is 0.462. The van der Waals surface area contributed by atoms with Crippen LogP contribution >= 0.6 is 11.6 Å². The molecule has 3 nitrogen and oxygen atoms in total. The SMILES string of the molecule is CC(C)C[C@@H](NCc1ccc(F)c(Cl)c1)C(=O)O. The molecule has 0 unspecified atom stereocenters. The third-order valence-electron chi connectivity index (χ3n) is 2.54. The third kappa shape index (κ3) is 4.63. The van der Waals surface area contributed by atoms with Crippen LogP contribution in [0.1, 0.15) is 25.8 Å². The lowest BCUT2D eigenvalue weighted by atomic mass is 10.0. The monoisotopic (exact) mass is 273 g/mol. The lowest BCUT2D eigenvalue weighted by molar-refractivity contribution is -0.140. The summed E-state index contributed by atoms with van der Waals surface area (Å²) >= 11 is 5.66. The molecule has 0 saturated carbocycles. The Bertz CT molecular complexity index is 423. The van der Waals surface area contributed by atoms with Crippen LogP contribution in [0.4, 0.5) is 4.39 Å². The zero-order valence-corrected chi connectivity index (χ0v) is 11.2. The lowest BCUT2D eigenvalue weighted by Gasteiger charge is -2.16. The Balaban J connectivity index is 2.61. The Morgan fingerprint density at radius 3 is 2.67 bits per heavy atom. The van der Waals surface area contributed by atoms with Crippen molar-refractivity contribution in [3.05, 3.63) is 34.6 Å². The molecule has 100 valence electrons. The van der Waals surface area contributed by atoms with E-state index < -0.39 is 17.8 Å². The molecule has 0 heterocycles. The highest BCUT2D eigenvalue weighted by Crippen LogP contribution is 2.16. The lowest BCUT2D eigenvalue weighted by Crippen LogP contribution is -2.37. The normalized spacial score (nSPS) is 12.7. The Morgan fingerprint density at radius 2 is 2.17 bits per heavy atom. The number of halogens is 2. The summed E-state index contributed by atoms with van der Waals surface area (Å²) < 4.78 is 13.0. The molecule has 1 rings (SSSR count). The molecule has 0 aliphatic rings. The average molecular weight is 274 g/mol. The van der Waals surface area contributed by atoms with E-state index in [1.54, 1.807) is 6.07 Å². The van der Waals surface area contributed by atoms with Crippen LogP contribution in [0.5, 0.6) is 0 Å². The van der Waals surface area contributed by atoms with Crippen LogP contribution in [-0.4, -0.2) is 17.1 Å². The number of aliphatic carboxylic acids is 1. The molecule has 0 bridgehead atoms. The van der Waals surface area contributed by atoms with Crippen LogP contribution in [0.2, 0.25) is 5.02 Å². The number of hydrogen-bond acceptors (Lipinski definition) is 2. The van der Waals surface area contributed by atoms with Crippen molar-refractivity contribution in [1.82, 2.24) is 5.32 Å². The first-order chi connectivity index (χ1) is 8.40. The van der Waals surface area contributed by atoms with Crippen LogP contribution < -0.4 is 5.32 Å². The highest BCUT2D eigenvalue weighted by Gasteiger charge is 2.18. The second kappa shape index (κ2) is 6.71. The first kappa shape index (κ1) is 14.9. The van der Waals surface area contributed by atoms with E-state index in [0.29, 0.717) is 13.0 Å². The van der Waals surface area contributed by atoms with Gasteiger partial charge in [-0.05, 0) is 30.0 Å². The van der Waals surface area contributed by atoms with Gasteiger partial charge in [0.2, 0.25) is 0 Å². The summed E-state index contributed by atoms with van der Waals surface area (Å²) in [6, 6.07) is 3.76. The first-order valence-electron chi connectivity index (χ1n) is 5.80. The summed E-state index contributed by atoms with van der Waals surface area (Å²) in [5.41, 5.74) is 0.761. The minimum atomic E-state index is -0.878. The fourth-order valence-corrected chi connectivity index (χ4v) is 1.84. The van der Waals surface area contributed by atoms with Crippen LogP contribution in [0.15, 0.2) is 18.2 Å². The molecule has 0 aliphatic heterocycles. The van der Waals surface area contributed by atoms with Gasteiger partial charge in [-0.25, -0.2) is 4.39 Å². The minimum absolute atomic E-state index is 0.0463. The molecule has 1 aromatic rings. The van der Waals surface area contributed by atoms with Crippen molar-refractivity contribution in [2.75, 3.05) is 0 Å². The van der Waals surface area contributed by atoms with E-state index >= 15 is 0 Å². The largest absolute Gasteiger partial charge is 0.480 e. The van der Waals surface area contributed by atoms with E-state index in [9.17, 15) is 9.18 Å². The van der Waals surface area contributed by atoms with E-state index in [4.69, 9.17) is 16.7 Å². The van der Waals surface area contributed by atoms with Crippen LogP contribution in [-0.2, 0) is 11.3 Å². The van der Waals surface area contributed by atoms with Gasteiger partial charge < -0.3 is 10.4 Å². The summed E-state index contributed by atoms with van der Waals surface area (Å²) in [6.45, 7) is 4.28. The van der Waals surface area contributed by atoms with E-state index in [2.05, 4.69) is 5.32 Å². The molecule has 0 aromatic heterocycles. The zero-order chi connectivity index (χ0) is 13.7. The van der Waals surface area contributed by atoms with E-state index in [1.807, 2.05) is 13.8 Å². The van der Waals surface area contributed by atoms with Crippen molar-refractivity contribution >= 4 is 17.6 Å². The van der Waals surface area contributed by atoms with E-state index in [-0.39, 0.29) is 10.9 Å². The predicted octanol–water partition coefficient (Wildman–Crippen LogP) is 3.07. The molecule has 0 radical (unpaired) electrons. The quantitative estimate of drug-likeness (QED) is 0.837. The van der Waals surface area contributed by atoms with E-state index in [0.717, 1.165) is 5.56 Å². The van der Waals surface area contributed by atoms with Crippen LogP contribution in [0, 0.1) is 11.7 Å². The van der Waals surface area contributed by atoms with Crippen LogP contribution in [0.3, 0.4) is 0 Å². The molecule has 1 aromatic carbocycles. The van der Waals surface area contributed by atoms with Crippen molar-refractivity contribution in [3.63, 3.8) is 0 Å². The molecule has 18 heavy (non-hydrogen) atoms. The van der Waals surface area contributed by atoms with Gasteiger partial charge in [-0.3, -0.25) is 4.79 Å². The number of nitrogens with one attached hydrogen (secondary N) is 1. The molecule has 0 aliphatic carbocycles. The summed E-state index contributed by atoms with van der Waals surface area (Å²) in [5.74, 6) is -1.07. The maximum Gasteiger partial charge on any atom is 0.320 e. The highest BCUT2D eigenvalue weighted by molar-refractivity contribution is 6.30. The number of rotatable bonds is 6. The first-order valence-corrected chi connectivity index (χ1v) is 6.18. The van der Waals surface area contributed by atoms with Gasteiger partial charge in [-0.2, -0.15) is 0 Å². The summed E-state index contributed by atoms with van der Waals surface area (Å²) in [7, 11) is 0. The molecular weight excluding hydrogens is 257 g/mol. The summed E-state index contributed by atoms with van der Waals surface area (Å²) in [5, 5.41) is 12.0. The Labute approximate surface area is 111 Å². The van der Waals surface area contributed by atoms with Gasteiger partial charge in [-0.15, -0.1) is 0 Å². The predicted molar refractivity (Wildman–Crippen MR) is 69.1 cm³/mol. The van der Waals surface area contributed by atoms with Gasteiger partial charge in [0.05, 0.1) is 5.02 Å². The number of carboxylic acid groups (broad SMARTS) is 1. The Hall–Kier alpha value is -1.13. The molecule has 5 heteroatoms. The summed E-state index contributed by atoms with van der Waals surface area (Å²) in [6.07, 6.45) is 0.546. The molecule has 0 spiro atoms. The fourth-order valence-electron chi connectivity index (χ4n) is 1.63. The standard InChI is InChI=1S/C13H17ClFNO2/c1-8(2)5-12(13(17)18)16-7-9-3-4-11(15)10(14)6-9/h3-4,6,8,12,16H,5,7H2,1-2H3,(H,17,18)/t12-/m1/s1. The van der Waals surface area contributed by atoms with Gasteiger partial charge in [-0.1, -0.05) is 31.5 Å². The molecule has 1 atom stereocenters. The van der Waals surface area contributed by atoms with Gasteiger partial charge in [0.1, 0.15) is 11.9 Å². The van der Waals surface area contributed by atoms with Crippen LogP contribution in [0.25, 0.3) is 0 Å². The molecular formula is C13H17ClFNO2. The highest BCUT2D eigenvalue weighted by atomic mass is 35.5. The maximum atomic E-state index is 13.0. The maximum absolute atomic E-state index is 13.0. The number of benzene rings is 1. The van der Waals surface area contributed by atoms with Crippen molar-refractivity contribution in [1.29, 1.82) is 0 Å². The summed E-state index contributed by atoms with van der Waals surface area (Å²) in [4.78, 5) is 11.0. The molecule has 0 amide bonds. The van der Waals surface area contributed by atoms with E-state index in [1.165, 1.54) is 12.1 Å². The topological polar surface area (TPSA) is 49.3 Å². The second-order valence-corrected chi connectivity index (χ2v) is 5.06. The smallest absolute Gasteiger partial charge is 0.320 e. The zero-order valence-electron chi connectivity index (χ0n) is 10.4. The molecule has 2 N–H and O–H groups in total. The van der Waals surface area contributed by atoms with Crippen molar-refractivity contribution < 1.29 is 14.3 Å². The minimum Gasteiger partial charge on any atom is -0.480 e. The van der Waals surface area contributed by atoms with Gasteiger partial charge in [0.15, 0.2) is 0 Å². The molecule has 0 saturated heterocycles. The van der Waals surface area contributed by atoms with Gasteiger partial charge in [0, 0.05) is 6.54 Å². The Morgan fingerprint density at radius 1 is 1.50 bits per heavy atom. The average Bonchev–Trinajstić information content (AvgIpc) is 2.28. The third-order valence-corrected chi connectivity index (χ3v) is 2.83. The Kier molecular flexibility index (Phi) is 5.56. The molecule has 0 fully saturated rings. The second-order valence-electron chi connectivity index (χ2n) is 4.65. The van der Waals surface area contributed by atoms with Gasteiger partial charge in [0.25, 0.3) is 0 Å². The number of carbonyl (C=O) groups is 1. The van der Waals surface area contributed by atoms with Crippen molar-refractivity contribution in [2.45, 2.75) is 32.9 Å². The number of hydrogen-bond donors (Lipinski definition) is 2. The number of carboxylic acids is 1. The van der Waals surface area contributed by atoms with Crippen molar-refractivity contribution in [3.8, 4) is 0 Å². The van der Waals surface area contributed by atoms with Crippen molar-refractivity contribution in [2.24, 2.45) is 5.92 Å². The van der Waals surface area contributed by atoms with Gasteiger partial charge >= 0.3 is 5.97 Å².